The molecule has 2 aromatic rings. The summed E-state index contributed by atoms with van der Waals surface area (Å²) >= 11 is 1.73. The van der Waals surface area contributed by atoms with Crippen LogP contribution in [0.2, 0.25) is 0 Å². The van der Waals surface area contributed by atoms with Gasteiger partial charge in [0.1, 0.15) is 12.4 Å². The summed E-state index contributed by atoms with van der Waals surface area (Å²) in [5.41, 5.74) is 1.10. The van der Waals surface area contributed by atoms with Crippen LogP contribution in [0, 0.1) is 6.92 Å². The van der Waals surface area contributed by atoms with Crippen molar-refractivity contribution in [2.75, 3.05) is 26.2 Å². The zero-order valence-electron chi connectivity index (χ0n) is 15.5. The lowest BCUT2D eigenvalue weighted by Crippen LogP contribution is -2.38. The summed E-state index contributed by atoms with van der Waals surface area (Å²) in [6.07, 6.45) is 4.58. The van der Waals surface area contributed by atoms with Gasteiger partial charge in [0, 0.05) is 43.7 Å². The number of halogens is 1. The normalized spacial score (nSPS) is 11.2. The summed E-state index contributed by atoms with van der Waals surface area (Å²) in [5, 5.41) is 9.90. The lowest BCUT2D eigenvalue weighted by molar-refractivity contribution is 0.105. The van der Waals surface area contributed by atoms with Crippen LogP contribution in [0.3, 0.4) is 0 Å². The maximum Gasteiger partial charge on any atom is 0.191 e. The summed E-state index contributed by atoms with van der Waals surface area (Å²) in [7, 11) is 0. The van der Waals surface area contributed by atoms with Crippen LogP contribution in [0.4, 0.5) is 0 Å². The Labute approximate surface area is 176 Å². The van der Waals surface area contributed by atoms with Crippen LogP contribution in [0.5, 0.6) is 0 Å². The SMILES string of the molecule is CCNC(=NCCCc1nc(C)cs1)NCCCOCc1ccco1.I. The number of rotatable bonds is 11. The van der Waals surface area contributed by atoms with Gasteiger partial charge in [0.15, 0.2) is 5.96 Å². The third-order valence-electron chi connectivity index (χ3n) is 3.41. The van der Waals surface area contributed by atoms with Crippen LogP contribution in [0.1, 0.15) is 36.2 Å². The second kappa shape index (κ2) is 14.0. The van der Waals surface area contributed by atoms with Gasteiger partial charge in [0.25, 0.3) is 0 Å². The molecule has 0 atom stereocenters. The molecule has 2 aromatic heterocycles. The summed E-state index contributed by atoms with van der Waals surface area (Å²) in [6.45, 7) is 7.80. The first-order valence-electron chi connectivity index (χ1n) is 8.81. The van der Waals surface area contributed by atoms with E-state index in [9.17, 15) is 0 Å². The molecule has 8 heteroatoms. The van der Waals surface area contributed by atoms with Crippen molar-refractivity contribution in [3.63, 3.8) is 0 Å². The Balaban J connectivity index is 0.00000338. The van der Waals surface area contributed by atoms with E-state index in [1.165, 1.54) is 5.01 Å². The molecule has 0 aliphatic carbocycles. The highest BCUT2D eigenvalue weighted by atomic mass is 127. The van der Waals surface area contributed by atoms with Gasteiger partial charge in [-0.1, -0.05) is 0 Å². The van der Waals surface area contributed by atoms with Crippen molar-refractivity contribution < 1.29 is 9.15 Å². The van der Waals surface area contributed by atoms with Crippen molar-refractivity contribution in [2.24, 2.45) is 4.99 Å². The Hall–Kier alpha value is -1.13. The number of nitrogens with one attached hydrogen (secondary N) is 2. The predicted molar refractivity (Wildman–Crippen MR) is 118 cm³/mol. The number of thiazole rings is 1. The van der Waals surface area contributed by atoms with Gasteiger partial charge in [-0.2, -0.15) is 0 Å². The van der Waals surface area contributed by atoms with Gasteiger partial charge >= 0.3 is 0 Å². The molecule has 0 spiro atoms. The molecule has 0 fully saturated rings. The fourth-order valence-corrected chi connectivity index (χ4v) is 3.05. The predicted octanol–water partition coefficient (Wildman–Crippen LogP) is 3.76. The molecule has 0 aliphatic rings. The summed E-state index contributed by atoms with van der Waals surface area (Å²) in [4.78, 5) is 9.09. The first-order valence-corrected chi connectivity index (χ1v) is 9.69. The molecule has 0 aliphatic heterocycles. The van der Waals surface area contributed by atoms with E-state index < -0.39 is 0 Å². The van der Waals surface area contributed by atoms with Crippen LogP contribution >= 0.6 is 35.3 Å². The van der Waals surface area contributed by atoms with E-state index in [0.717, 1.165) is 56.3 Å². The van der Waals surface area contributed by atoms with E-state index >= 15 is 0 Å². The number of hydrogen-bond donors (Lipinski definition) is 2. The van der Waals surface area contributed by atoms with Crippen molar-refractivity contribution in [3.05, 3.63) is 40.2 Å². The number of aromatic nitrogens is 1. The van der Waals surface area contributed by atoms with Gasteiger partial charge in [-0.15, -0.1) is 35.3 Å². The highest BCUT2D eigenvalue weighted by molar-refractivity contribution is 14.0. The molecule has 2 rings (SSSR count). The van der Waals surface area contributed by atoms with Crippen LogP contribution in [-0.4, -0.2) is 37.2 Å². The molecule has 0 aromatic carbocycles. The first-order chi connectivity index (χ1) is 12.3. The molecule has 0 bridgehead atoms. The zero-order valence-corrected chi connectivity index (χ0v) is 18.6. The molecule has 0 unspecified atom stereocenters. The van der Waals surface area contributed by atoms with Gasteiger partial charge in [0.05, 0.1) is 11.3 Å². The number of aryl methyl sites for hydroxylation is 2. The lowest BCUT2D eigenvalue weighted by atomic mass is 10.3. The lowest BCUT2D eigenvalue weighted by Gasteiger charge is -2.11. The van der Waals surface area contributed by atoms with E-state index in [1.54, 1.807) is 17.6 Å². The molecule has 0 saturated heterocycles. The standard InChI is InChI=1S/C18H28N4O2S.HI/c1-3-19-18(20-9-4-8-17-22-15(2)14-25-17)21-10-6-11-23-13-16-7-5-12-24-16;/h5,7,12,14H,3-4,6,8-11,13H2,1-2H3,(H2,19,20,21);1H. The molecular weight excluding hydrogens is 463 g/mol. The number of guanidine groups is 1. The van der Waals surface area contributed by atoms with Crippen molar-refractivity contribution in [2.45, 2.75) is 39.7 Å². The van der Waals surface area contributed by atoms with E-state index in [1.807, 2.05) is 19.1 Å². The van der Waals surface area contributed by atoms with E-state index in [0.29, 0.717) is 13.2 Å². The van der Waals surface area contributed by atoms with E-state index in [4.69, 9.17) is 9.15 Å². The Bertz CT molecular complexity index is 616. The maximum absolute atomic E-state index is 5.57. The summed E-state index contributed by atoms with van der Waals surface area (Å²) in [5.74, 6) is 1.72. The summed E-state index contributed by atoms with van der Waals surface area (Å²) < 4.78 is 10.8. The second-order valence-corrected chi connectivity index (χ2v) is 6.60. The van der Waals surface area contributed by atoms with E-state index in [2.05, 4.69) is 32.9 Å². The highest BCUT2D eigenvalue weighted by Crippen LogP contribution is 2.10. The third-order valence-corrected chi connectivity index (χ3v) is 4.44. The molecule has 26 heavy (non-hydrogen) atoms. The third kappa shape index (κ3) is 9.54. The Morgan fingerprint density at radius 2 is 2.23 bits per heavy atom. The molecule has 0 amide bonds. The average Bonchev–Trinajstić information content (AvgIpc) is 3.26. The number of nitrogens with zero attached hydrogens (tertiary/aromatic N) is 2. The van der Waals surface area contributed by atoms with Crippen molar-refractivity contribution in [1.29, 1.82) is 0 Å². The number of aliphatic imine (C=N–C) groups is 1. The van der Waals surface area contributed by atoms with Gasteiger partial charge in [-0.3, -0.25) is 4.99 Å². The van der Waals surface area contributed by atoms with Crippen LogP contribution in [-0.2, 0) is 17.8 Å². The van der Waals surface area contributed by atoms with E-state index in [-0.39, 0.29) is 24.0 Å². The molecule has 146 valence electrons. The largest absolute Gasteiger partial charge is 0.467 e. The average molecular weight is 492 g/mol. The summed E-state index contributed by atoms with van der Waals surface area (Å²) in [6, 6.07) is 3.79. The zero-order chi connectivity index (χ0) is 17.7. The topological polar surface area (TPSA) is 71.7 Å². The van der Waals surface area contributed by atoms with Gasteiger partial charge < -0.3 is 19.8 Å². The Morgan fingerprint density at radius 1 is 1.35 bits per heavy atom. The van der Waals surface area contributed by atoms with Crippen molar-refractivity contribution in [3.8, 4) is 0 Å². The number of furan rings is 1. The minimum atomic E-state index is 0. The Morgan fingerprint density at radius 3 is 2.92 bits per heavy atom. The molecule has 6 nitrogen and oxygen atoms in total. The minimum Gasteiger partial charge on any atom is -0.467 e. The molecular formula is C18H29IN4O2S. The smallest absolute Gasteiger partial charge is 0.191 e. The molecule has 2 heterocycles. The van der Waals surface area contributed by atoms with Crippen molar-refractivity contribution in [1.82, 2.24) is 15.6 Å². The molecule has 2 N–H and O–H groups in total. The molecule has 0 saturated carbocycles. The van der Waals surface area contributed by atoms with Gasteiger partial charge in [0.2, 0.25) is 0 Å². The second-order valence-electron chi connectivity index (χ2n) is 5.66. The quantitative estimate of drug-likeness (QED) is 0.216. The fraction of sp³-hybridized carbons (Fsp3) is 0.556. The van der Waals surface area contributed by atoms with Crippen LogP contribution in [0.25, 0.3) is 0 Å². The highest BCUT2D eigenvalue weighted by Gasteiger charge is 2.00. The number of hydrogen-bond acceptors (Lipinski definition) is 5. The van der Waals surface area contributed by atoms with Gasteiger partial charge in [-0.25, -0.2) is 4.98 Å². The fourth-order valence-electron chi connectivity index (χ4n) is 2.23. The monoisotopic (exact) mass is 492 g/mol. The van der Waals surface area contributed by atoms with Crippen LogP contribution < -0.4 is 10.6 Å². The van der Waals surface area contributed by atoms with Gasteiger partial charge in [-0.05, 0) is 38.8 Å². The molecule has 0 radical (unpaired) electrons. The minimum absolute atomic E-state index is 0. The van der Waals surface area contributed by atoms with Crippen LogP contribution in [0.15, 0.2) is 33.2 Å². The Kier molecular flexibility index (Phi) is 12.3. The van der Waals surface area contributed by atoms with Crippen molar-refractivity contribution >= 4 is 41.3 Å². The maximum atomic E-state index is 5.57. The number of ether oxygens (including phenoxy) is 1. The first kappa shape index (κ1) is 22.9.